The Labute approximate surface area is 516 Å². The summed E-state index contributed by atoms with van der Waals surface area (Å²) in [5.74, 6) is 2.20. The minimum atomic E-state index is -4.51. The van der Waals surface area contributed by atoms with Crippen LogP contribution in [0.1, 0.15) is 74.8 Å². The van der Waals surface area contributed by atoms with Crippen molar-refractivity contribution < 1.29 is 46.3 Å². The van der Waals surface area contributed by atoms with Crippen molar-refractivity contribution in [2.45, 2.75) is 70.4 Å². The van der Waals surface area contributed by atoms with Gasteiger partial charge >= 0.3 is 6.18 Å². The lowest BCUT2D eigenvalue weighted by Crippen LogP contribution is -2.47. The van der Waals surface area contributed by atoms with Crippen molar-refractivity contribution in [3.63, 3.8) is 0 Å². The number of methoxy groups -OCH3 is 1. The van der Waals surface area contributed by atoms with E-state index < -0.39 is 17.8 Å². The molecule has 3 unspecified atom stereocenters. The van der Waals surface area contributed by atoms with Crippen molar-refractivity contribution in [2.75, 3.05) is 66.2 Å². The second-order valence-electron chi connectivity index (χ2n) is 22.4. The number of rotatable bonds is 19. The molecule has 10 nitrogen and oxygen atoms in total. The van der Waals surface area contributed by atoms with Gasteiger partial charge in [-0.2, -0.15) is 13.2 Å². The van der Waals surface area contributed by atoms with Crippen LogP contribution in [0.25, 0.3) is 0 Å². The average molecular weight is 1190 g/mol. The molecule has 3 fully saturated rings. The van der Waals surface area contributed by atoms with Crippen molar-refractivity contribution in [3.05, 3.63) is 298 Å². The molecule has 0 amide bonds. The molecule has 3 atom stereocenters. The van der Waals surface area contributed by atoms with Gasteiger partial charge in [-0.1, -0.05) is 206 Å². The number of alkyl halides is 3. The van der Waals surface area contributed by atoms with Crippen LogP contribution in [0.4, 0.5) is 13.2 Å². The maximum absolute atomic E-state index is 13.8. The van der Waals surface area contributed by atoms with Gasteiger partial charge in [0.15, 0.2) is 11.5 Å². The normalized spacial score (nSPS) is 18.1. The molecule has 0 aliphatic carbocycles. The first kappa shape index (κ1) is 62.8. The van der Waals surface area contributed by atoms with E-state index >= 15 is 0 Å². The van der Waals surface area contributed by atoms with Gasteiger partial charge in [0, 0.05) is 58.9 Å². The third-order valence-electron chi connectivity index (χ3n) is 15.8. The maximum Gasteiger partial charge on any atom is 0.419 e. The Morgan fingerprint density at radius 3 is 1.28 bits per heavy atom. The highest BCUT2D eigenvalue weighted by Crippen LogP contribution is 2.40. The summed E-state index contributed by atoms with van der Waals surface area (Å²) in [6.07, 6.45) is -4.90. The maximum atomic E-state index is 13.8. The van der Waals surface area contributed by atoms with Crippen LogP contribution in [-0.4, -0.2) is 80.9 Å². The number of benzene rings is 9. The summed E-state index contributed by atoms with van der Waals surface area (Å²) in [5, 5.41) is 0. The van der Waals surface area contributed by atoms with Crippen LogP contribution < -0.4 is 18.9 Å². The van der Waals surface area contributed by atoms with Gasteiger partial charge in [0.1, 0.15) is 36.9 Å². The summed E-state index contributed by atoms with van der Waals surface area (Å²) in [6.45, 7) is 12.9. The fourth-order valence-corrected chi connectivity index (χ4v) is 11.1. The van der Waals surface area contributed by atoms with E-state index in [-0.39, 0.29) is 24.1 Å². The molecule has 88 heavy (non-hydrogen) atoms. The molecule has 9 aromatic rings. The summed E-state index contributed by atoms with van der Waals surface area (Å²) < 4.78 is 82.4. The molecule has 0 saturated carbocycles. The monoisotopic (exact) mass is 1190 g/mol. The predicted octanol–water partition coefficient (Wildman–Crippen LogP) is 15.7. The van der Waals surface area contributed by atoms with Crippen molar-refractivity contribution >= 4 is 0 Å². The van der Waals surface area contributed by atoms with E-state index in [0.717, 1.165) is 106 Å². The number of hydrogen-bond donors (Lipinski definition) is 0. The van der Waals surface area contributed by atoms with Crippen LogP contribution in [0.2, 0.25) is 0 Å². The van der Waals surface area contributed by atoms with Crippen molar-refractivity contribution in [3.8, 4) is 23.0 Å². The van der Waals surface area contributed by atoms with Gasteiger partial charge in [0.2, 0.25) is 0 Å². The number of halogens is 3. The highest BCUT2D eigenvalue weighted by atomic mass is 19.4. The fourth-order valence-electron chi connectivity index (χ4n) is 11.1. The lowest BCUT2D eigenvalue weighted by atomic mass is 9.93. The van der Waals surface area contributed by atoms with Gasteiger partial charge < -0.3 is 33.2 Å². The van der Waals surface area contributed by atoms with Crippen molar-refractivity contribution in [1.82, 2.24) is 14.7 Å². The molecule has 0 bridgehead atoms. The molecule has 0 N–H and O–H groups in total. The number of nitrogens with zero attached hydrogens (tertiary/aromatic N) is 3. The predicted molar refractivity (Wildman–Crippen MR) is 339 cm³/mol. The quantitative estimate of drug-likeness (QED) is 0.0782. The Hall–Kier alpha value is -8.27. The summed E-state index contributed by atoms with van der Waals surface area (Å²) in [7, 11) is 1.68. The standard InChI is InChI=1S/C25H24F3NO2.C25H27NO3.C25H27NO2/c26-25(27,28)22-15-21(11-12-23(22)31-18-20-9-5-2-6-10-20)24-17-29(13-14-30-24)16-19-7-3-1-4-8-19;1-27-24-16-22(12-13-23(24)29-19-21-10-6-3-7-11-21)25-18-26(14-15-28-25)17-20-8-4-2-5-9-20;1-25(20-26(16-17-28-25)18-21-8-4-2-5-9-21)23-12-14-24(15-13-23)27-19-22-10-6-3-7-11-22/h1-12,15,24H,13-14,16-18H2;2-13,16,25H,14-15,17-19H2,1H3;2-15H,16-20H2,1H3. The van der Waals surface area contributed by atoms with E-state index in [1.807, 2.05) is 121 Å². The number of morpholine rings is 3. The molecule has 3 aliphatic rings. The van der Waals surface area contributed by atoms with Crippen LogP contribution in [-0.2, 0) is 65.4 Å². The summed E-state index contributed by atoms with van der Waals surface area (Å²) in [4.78, 5) is 7.12. The molecule has 0 radical (unpaired) electrons. The van der Waals surface area contributed by atoms with E-state index in [4.69, 9.17) is 33.2 Å². The molecule has 3 heterocycles. The lowest BCUT2D eigenvalue weighted by Gasteiger charge is -2.41. The minimum Gasteiger partial charge on any atom is -0.493 e. The second kappa shape index (κ2) is 31.6. The van der Waals surface area contributed by atoms with Gasteiger partial charge in [-0.3, -0.25) is 14.7 Å². The Bertz CT molecular complexity index is 3480. The van der Waals surface area contributed by atoms with Gasteiger partial charge in [-0.25, -0.2) is 0 Å². The van der Waals surface area contributed by atoms with E-state index in [2.05, 4.69) is 125 Å². The zero-order valence-corrected chi connectivity index (χ0v) is 50.2. The Kier molecular flexibility index (Phi) is 22.5. The second-order valence-corrected chi connectivity index (χ2v) is 22.4. The van der Waals surface area contributed by atoms with Gasteiger partial charge in [-0.15, -0.1) is 0 Å². The molecule has 0 aromatic heterocycles. The molecule has 3 aliphatic heterocycles. The van der Waals surface area contributed by atoms with E-state index in [0.29, 0.717) is 31.9 Å². The Morgan fingerprint density at radius 2 is 0.830 bits per heavy atom. The fraction of sp³-hybridized carbons (Fsp3) is 0.280. The third kappa shape index (κ3) is 18.6. The molecule has 13 heteroatoms. The van der Waals surface area contributed by atoms with Gasteiger partial charge in [-0.05, 0) is 93.4 Å². The third-order valence-corrected chi connectivity index (χ3v) is 15.8. The van der Waals surface area contributed by atoms with Crippen LogP contribution >= 0.6 is 0 Å². The van der Waals surface area contributed by atoms with Gasteiger partial charge in [0.25, 0.3) is 0 Å². The topological polar surface area (TPSA) is 74.3 Å². The van der Waals surface area contributed by atoms with Crippen LogP contribution in [0, 0.1) is 0 Å². The molecular formula is C75H78F3N3O7. The first-order valence-electron chi connectivity index (χ1n) is 30.2. The average Bonchev–Trinajstić information content (AvgIpc) is 2.58. The van der Waals surface area contributed by atoms with E-state index in [9.17, 15) is 13.2 Å². The van der Waals surface area contributed by atoms with Crippen LogP contribution in [0.5, 0.6) is 23.0 Å². The van der Waals surface area contributed by atoms with E-state index in [1.165, 1.54) is 33.9 Å². The molecule has 0 spiro atoms. The highest BCUT2D eigenvalue weighted by molar-refractivity contribution is 5.44. The van der Waals surface area contributed by atoms with Crippen LogP contribution in [0.3, 0.4) is 0 Å². The molecule has 12 rings (SSSR count). The van der Waals surface area contributed by atoms with Crippen molar-refractivity contribution in [1.29, 1.82) is 0 Å². The first-order valence-corrected chi connectivity index (χ1v) is 30.2. The minimum absolute atomic E-state index is 0.0320. The summed E-state index contributed by atoms with van der Waals surface area (Å²) in [5.41, 5.74) is 8.70. The first-order chi connectivity index (χ1) is 43.0. The Morgan fingerprint density at radius 1 is 0.432 bits per heavy atom. The SMILES string of the molecule is CC1(c2ccc(OCc3ccccc3)cc2)CN(Cc2ccccc2)CCO1.COc1cc(C2CN(Cc3ccccc3)CCO2)ccc1OCc1ccccc1.FC(F)(F)c1cc(C2CN(Cc3ccccc3)CCO2)ccc1OCc1ccccc1. The number of hydrogen-bond acceptors (Lipinski definition) is 10. The smallest absolute Gasteiger partial charge is 0.419 e. The van der Waals surface area contributed by atoms with Gasteiger partial charge in [0.05, 0.1) is 44.7 Å². The molecule has 9 aromatic carbocycles. The zero-order chi connectivity index (χ0) is 60.8. The van der Waals surface area contributed by atoms with Crippen molar-refractivity contribution in [2.24, 2.45) is 0 Å². The largest absolute Gasteiger partial charge is 0.493 e. The summed E-state index contributed by atoms with van der Waals surface area (Å²) >= 11 is 0. The highest BCUT2D eigenvalue weighted by Gasteiger charge is 2.37. The Balaban J connectivity index is 0.000000146. The molecular weight excluding hydrogens is 1110 g/mol. The van der Waals surface area contributed by atoms with E-state index in [1.54, 1.807) is 13.2 Å². The summed E-state index contributed by atoms with van der Waals surface area (Å²) in [6, 6.07) is 79.5. The zero-order valence-electron chi connectivity index (χ0n) is 50.2. The van der Waals surface area contributed by atoms with Crippen LogP contribution in [0.15, 0.2) is 243 Å². The molecule has 3 saturated heterocycles. The number of ether oxygens (including phenoxy) is 7. The lowest BCUT2D eigenvalue weighted by molar-refractivity contribution is -0.139. The molecule has 456 valence electrons.